The van der Waals surface area contributed by atoms with E-state index < -0.39 is 0 Å². The van der Waals surface area contributed by atoms with Gasteiger partial charge in [0.1, 0.15) is 10.2 Å². The largest absolute Gasteiger partial charge is 0.473 e. The van der Waals surface area contributed by atoms with Crippen LogP contribution in [-0.4, -0.2) is 9.78 Å². The minimum Gasteiger partial charge on any atom is -0.473 e. The monoisotopic (exact) mass is 408 g/mol. The highest BCUT2D eigenvalue weighted by Crippen LogP contribution is 2.26. The summed E-state index contributed by atoms with van der Waals surface area (Å²) in [6, 6.07) is 7.18. The average Bonchev–Trinajstić information content (AvgIpc) is 2.38. The van der Waals surface area contributed by atoms with Crippen molar-refractivity contribution in [2.75, 3.05) is 0 Å². The molecule has 2 aromatic rings. The van der Waals surface area contributed by atoms with Crippen molar-refractivity contribution in [2.24, 2.45) is 0 Å². The van der Waals surface area contributed by atoms with Crippen molar-refractivity contribution in [2.45, 2.75) is 0 Å². The Morgan fingerprint density at radius 2 is 1.94 bits per heavy atom. The van der Waals surface area contributed by atoms with Crippen LogP contribution in [0.1, 0.15) is 0 Å². The van der Waals surface area contributed by atoms with E-state index in [1.54, 1.807) is 30.5 Å². The summed E-state index contributed by atoms with van der Waals surface area (Å²) >= 11 is 6.46. The molecule has 0 aliphatic heterocycles. The number of rotatable bonds is 3. The molecule has 1 heterocycles. The van der Waals surface area contributed by atoms with E-state index in [0.717, 1.165) is 5.75 Å². The van der Waals surface area contributed by atoms with Gasteiger partial charge in [0.2, 0.25) is 0 Å². The van der Waals surface area contributed by atoms with Gasteiger partial charge in [-0.05, 0) is 56.1 Å². The first kappa shape index (κ1) is 14.1. The Labute approximate surface area is 124 Å². The summed E-state index contributed by atoms with van der Waals surface area (Å²) in [5.74, 6) is 0.760. The van der Waals surface area contributed by atoms with Crippen LogP contribution in [0.4, 0.5) is 0 Å². The maximum atomic E-state index is 12.0. The quantitative estimate of drug-likeness (QED) is 0.728. The van der Waals surface area contributed by atoms with Gasteiger partial charge < -0.3 is 4.52 Å². The minimum absolute atomic E-state index is 0.217. The van der Waals surface area contributed by atoms with Gasteiger partial charge in [-0.2, -0.15) is 9.78 Å². The number of hydrogen-bond acceptors (Lipinski definition) is 3. The molecule has 94 valence electrons. The van der Waals surface area contributed by atoms with Crippen LogP contribution >= 0.6 is 49.3 Å². The highest BCUT2D eigenvalue weighted by molar-refractivity contribution is 9.13. The molecule has 8 heteroatoms. The molecule has 0 aliphatic carbocycles. The Bertz CT molecular complexity index is 616. The summed E-state index contributed by atoms with van der Waals surface area (Å²) in [6.45, 7) is 0. The molecule has 0 spiro atoms. The second-order valence-corrected chi connectivity index (χ2v) is 6.03. The standard InChI is InChI=1S/C10H8Br2N2O2P2/c11-8-5-13-14(10(15)9(8)12)6-1-3-7(4-2-6)16-18-17/h1-5,18H,17H2. The predicted octanol–water partition coefficient (Wildman–Crippen LogP) is 3.52. The first-order chi connectivity index (χ1) is 8.63. The summed E-state index contributed by atoms with van der Waals surface area (Å²) in [4.78, 5) is 12.0. The molecule has 1 aromatic carbocycles. The molecule has 2 rings (SSSR count). The van der Waals surface area contributed by atoms with E-state index in [1.807, 2.05) is 0 Å². The second-order valence-electron chi connectivity index (χ2n) is 3.24. The topological polar surface area (TPSA) is 44.1 Å². The summed E-state index contributed by atoms with van der Waals surface area (Å²) in [5, 5.41) is 4.07. The Morgan fingerprint density at radius 3 is 2.56 bits per heavy atom. The second kappa shape index (κ2) is 6.25. The van der Waals surface area contributed by atoms with Gasteiger partial charge in [0, 0.05) is 0 Å². The van der Waals surface area contributed by atoms with Gasteiger partial charge in [0.15, 0.2) is 0 Å². The Hall–Kier alpha value is -0.280. The molecular weight excluding hydrogens is 402 g/mol. The van der Waals surface area contributed by atoms with Crippen molar-refractivity contribution in [3.8, 4) is 11.4 Å². The molecule has 0 fully saturated rings. The maximum Gasteiger partial charge on any atom is 0.286 e. The van der Waals surface area contributed by atoms with Crippen LogP contribution < -0.4 is 10.1 Å². The molecule has 1 aromatic heterocycles. The molecule has 0 saturated heterocycles. The van der Waals surface area contributed by atoms with Crippen molar-refractivity contribution in [1.82, 2.24) is 9.78 Å². The fraction of sp³-hybridized carbons (Fsp3) is 0. The van der Waals surface area contributed by atoms with Crippen molar-refractivity contribution in [1.29, 1.82) is 0 Å². The van der Waals surface area contributed by atoms with Gasteiger partial charge in [-0.3, -0.25) is 4.79 Å². The smallest absolute Gasteiger partial charge is 0.286 e. The molecule has 0 amide bonds. The molecule has 0 aliphatic rings. The van der Waals surface area contributed by atoms with Crippen LogP contribution in [0.15, 0.2) is 44.2 Å². The number of hydrogen-bond donors (Lipinski definition) is 0. The van der Waals surface area contributed by atoms with E-state index in [-0.39, 0.29) is 5.56 Å². The summed E-state index contributed by atoms with van der Waals surface area (Å²) in [5.41, 5.74) is 0.471. The van der Waals surface area contributed by atoms with Gasteiger partial charge in [0.05, 0.1) is 24.9 Å². The first-order valence-electron chi connectivity index (χ1n) is 4.79. The van der Waals surface area contributed by atoms with Gasteiger partial charge in [-0.15, -0.1) is 0 Å². The third-order valence-electron chi connectivity index (χ3n) is 2.13. The Balaban J connectivity index is 2.43. The van der Waals surface area contributed by atoms with E-state index in [2.05, 4.69) is 45.9 Å². The third-order valence-corrected chi connectivity index (χ3v) is 4.74. The van der Waals surface area contributed by atoms with Crippen molar-refractivity contribution >= 4 is 49.3 Å². The fourth-order valence-electron chi connectivity index (χ4n) is 1.32. The lowest BCUT2D eigenvalue weighted by molar-refractivity contribution is 0.642. The predicted molar refractivity (Wildman–Crippen MR) is 83.9 cm³/mol. The van der Waals surface area contributed by atoms with E-state index in [9.17, 15) is 4.79 Å². The third kappa shape index (κ3) is 3.00. The Kier molecular flexibility index (Phi) is 4.91. The maximum absolute atomic E-state index is 12.0. The lowest BCUT2D eigenvalue weighted by Gasteiger charge is -2.07. The van der Waals surface area contributed by atoms with E-state index in [0.29, 0.717) is 23.1 Å². The summed E-state index contributed by atoms with van der Waals surface area (Å²) in [7, 11) is 2.82. The normalized spacial score (nSPS) is 11.1. The molecule has 0 bridgehead atoms. The van der Waals surface area contributed by atoms with E-state index in [4.69, 9.17) is 4.52 Å². The highest BCUT2D eigenvalue weighted by Gasteiger charge is 2.08. The minimum atomic E-state index is -0.217. The zero-order valence-electron chi connectivity index (χ0n) is 8.93. The van der Waals surface area contributed by atoms with Crippen LogP contribution in [-0.2, 0) is 0 Å². The SMILES string of the molecule is O=c1c(Br)c(Br)cnn1-c1ccc(OPP)cc1. The van der Waals surface area contributed by atoms with Crippen LogP contribution in [0.3, 0.4) is 0 Å². The first-order valence-corrected chi connectivity index (χ1v) is 9.10. The molecule has 0 radical (unpaired) electrons. The average molecular weight is 410 g/mol. The van der Waals surface area contributed by atoms with Crippen molar-refractivity contribution in [3.05, 3.63) is 49.8 Å². The lowest BCUT2D eigenvalue weighted by Crippen LogP contribution is -2.21. The zero-order chi connectivity index (χ0) is 13.1. The molecule has 0 N–H and O–H groups in total. The van der Waals surface area contributed by atoms with E-state index >= 15 is 0 Å². The molecule has 2 unspecified atom stereocenters. The number of nitrogens with zero attached hydrogens (tertiary/aromatic N) is 2. The number of aromatic nitrogens is 2. The molecule has 0 saturated carbocycles. The zero-order valence-corrected chi connectivity index (χ0v) is 14.3. The van der Waals surface area contributed by atoms with Crippen molar-refractivity contribution < 1.29 is 4.52 Å². The van der Waals surface area contributed by atoms with E-state index in [1.165, 1.54) is 4.68 Å². The van der Waals surface area contributed by atoms with Crippen molar-refractivity contribution in [3.63, 3.8) is 0 Å². The molecule has 2 atom stereocenters. The summed E-state index contributed by atoms with van der Waals surface area (Å²) in [6.07, 6.45) is 1.57. The molecule has 18 heavy (non-hydrogen) atoms. The lowest BCUT2D eigenvalue weighted by atomic mass is 10.3. The van der Waals surface area contributed by atoms with Crippen LogP contribution in [0.5, 0.6) is 5.75 Å². The fourth-order valence-corrected chi connectivity index (χ4v) is 2.53. The number of halogens is 2. The highest BCUT2D eigenvalue weighted by atomic mass is 79.9. The van der Waals surface area contributed by atoms with Gasteiger partial charge in [0.25, 0.3) is 5.56 Å². The van der Waals surface area contributed by atoms with Crippen LogP contribution in [0, 0.1) is 0 Å². The molecule has 4 nitrogen and oxygen atoms in total. The van der Waals surface area contributed by atoms with Crippen LogP contribution in [0.25, 0.3) is 5.69 Å². The number of benzene rings is 1. The van der Waals surface area contributed by atoms with Gasteiger partial charge >= 0.3 is 0 Å². The van der Waals surface area contributed by atoms with Crippen LogP contribution in [0.2, 0.25) is 0 Å². The Morgan fingerprint density at radius 1 is 1.28 bits per heavy atom. The molecular formula is C10H8Br2N2O2P2. The van der Waals surface area contributed by atoms with Gasteiger partial charge in [-0.1, -0.05) is 8.93 Å². The van der Waals surface area contributed by atoms with Gasteiger partial charge in [-0.25, -0.2) is 0 Å². The summed E-state index contributed by atoms with van der Waals surface area (Å²) < 4.78 is 7.74.